The molecule has 0 saturated carbocycles. The SMILES string of the molecule is Brc1ccc2nnc3cccc[n+]3c2c1.[Cl-]. The molecule has 0 saturated heterocycles. The molecule has 3 aromatic rings. The maximum Gasteiger partial charge on any atom is 0.355 e. The van der Waals surface area contributed by atoms with Gasteiger partial charge in [-0.25, -0.2) is 0 Å². The number of nitrogens with zero attached hydrogens (tertiary/aromatic N) is 3. The number of benzene rings is 1. The molecule has 1 aromatic carbocycles. The molecular formula is C11H7BrClN3. The minimum Gasteiger partial charge on any atom is -1.00 e. The molecule has 0 fully saturated rings. The summed E-state index contributed by atoms with van der Waals surface area (Å²) in [7, 11) is 0. The summed E-state index contributed by atoms with van der Waals surface area (Å²) in [6, 6.07) is 11.8. The van der Waals surface area contributed by atoms with Crippen molar-refractivity contribution >= 4 is 32.6 Å². The second-order valence-electron chi connectivity index (χ2n) is 3.26. The van der Waals surface area contributed by atoms with Crippen LogP contribution in [0.5, 0.6) is 0 Å². The topological polar surface area (TPSA) is 29.9 Å². The first kappa shape index (κ1) is 11.2. The molecule has 2 heterocycles. The molecule has 0 N–H and O–H groups in total. The lowest BCUT2D eigenvalue weighted by atomic mass is 10.3. The molecule has 0 aliphatic heterocycles. The minimum atomic E-state index is 0. The highest BCUT2D eigenvalue weighted by atomic mass is 79.9. The summed E-state index contributed by atoms with van der Waals surface area (Å²) in [5, 5.41) is 8.30. The minimum absolute atomic E-state index is 0. The van der Waals surface area contributed by atoms with E-state index < -0.39 is 0 Å². The van der Waals surface area contributed by atoms with Gasteiger partial charge >= 0.3 is 5.65 Å². The highest BCUT2D eigenvalue weighted by Crippen LogP contribution is 2.14. The number of halogens is 2. The molecule has 80 valence electrons. The summed E-state index contributed by atoms with van der Waals surface area (Å²) in [4.78, 5) is 0. The van der Waals surface area contributed by atoms with E-state index in [9.17, 15) is 0 Å². The van der Waals surface area contributed by atoms with Gasteiger partial charge < -0.3 is 12.4 Å². The fourth-order valence-electron chi connectivity index (χ4n) is 1.60. The number of hydrogen-bond donors (Lipinski definition) is 0. The summed E-state index contributed by atoms with van der Waals surface area (Å²) in [6.07, 6.45) is 1.98. The molecule has 2 aromatic heterocycles. The van der Waals surface area contributed by atoms with Crippen LogP contribution in [0.3, 0.4) is 0 Å². The molecule has 3 rings (SSSR count). The van der Waals surface area contributed by atoms with Gasteiger partial charge in [0.1, 0.15) is 0 Å². The van der Waals surface area contributed by atoms with E-state index in [0.717, 1.165) is 21.2 Å². The van der Waals surface area contributed by atoms with Gasteiger partial charge in [0.2, 0.25) is 0 Å². The lowest BCUT2D eigenvalue weighted by molar-refractivity contribution is -0.485. The van der Waals surface area contributed by atoms with E-state index in [2.05, 4.69) is 26.1 Å². The van der Waals surface area contributed by atoms with Gasteiger partial charge in [-0.3, -0.25) is 0 Å². The van der Waals surface area contributed by atoms with E-state index >= 15 is 0 Å². The smallest absolute Gasteiger partial charge is 0.355 e. The van der Waals surface area contributed by atoms with Crippen molar-refractivity contribution in [2.75, 3.05) is 0 Å². The summed E-state index contributed by atoms with van der Waals surface area (Å²) < 4.78 is 3.06. The average molecular weight is 297 g/mol. The second-order valence-corrected chi connectivity index (χ2v) is 4.18. The molecule has 16 heavy (non-hydrogen) atoms. The Hall–Kier alpha value is -1.26. The van der Waals surface area contributed by atoms with Crippen molar-refractivity contribution in [1.29, 1.82) is 0 Å². The normalized spacial score (nSPS) is 10.3. The maximum absolute atomic E-state index is 4.16. The van der Waals surface area contributed by atoms with Crippen molar-refractivity contribution in [3.63, 3.8) is 0 Å². The van der Waals surface area contributed by atoms with Gasteiger partial charge in [0.05, 0.1) is 11.3 Å². The van der Waals surface area contributed by atoms with Gasteiger partial charge in [-0.2, -0.15) is 4.40 Å². The van der Waals surface area contributed by atoms with Crippen molar-refractivity contribution in [3.05, 3.63) is 47.1 Å². The number of pyridine rings is 1. The first-order chi connectivity index (χ1) is 7.34. The fraction of sp³-hybridized carbons (Fsp3) is 0. The van der Waals surface area contributed by atoms with Crippen molar-refractivity contribution in [2.45, 2.75) is 0 Å². The van der Waals surface area contributed by atoms with Gasteiger partial charge in [0.25, 0.3) is 0 Å². The van der Waals surface area contributed by atoms with Crippen molar-refractivity contribution in [2.24, 2.45) is 0 Å². The predicted molar refractivity (Wildman–Crippen MR) is 60.4 cm³/mol. The molecule has 0 spiro atoms. The number of rotatable bonds is 0. The number of fused-ring (bicyclic) bond motifs is 3. The molecule has 0 aliphatic rings. The lowest BCUT2D eigenvalue weighted by Gasteiger charge is -1.96. The first-order valence-corrected chi connectivity index (χ1v) is 5.36. The molecular weight excluding hydrogens is 289 g/mol. The van der Waals surface area contributed by atoms with Crippen LogP contribution in [-0.2, 0) is 0 Å². The molecule has 0 bridgehead atoms. The number of hydrogen-bond acceptors (Lipinski definition) is 2. The Kier molecular flexibility index (Phi) is 3.03. The van der Waals surface area contributed by atoms with Crippen LogP contribution >= 0.6 is 15.9 Å². The Labute approximate surface area is 107 Å². The highest BCUT2D eigenvalue weighted by Gasteiger charge is 2.09. The van der Waals surface area contributed by atoms with Gasteiger partial charge in [-0.05, 0) is 23.3 Å². The third kappa shape index (κ3) is 1.74. The van der Waals surface area contributed by atoms with E-state index in [0.29, 0.717) is 0 Å². The summed E-state index contributed by atoms with van der Waals surface area (Å²) in [5.41, 5.74) is 2.79. The zero-order valence-electron chi connectivity index (χ0n) is 8.14. The van der Waals surface area contributed by atoms with E-state index in [4.69, 9.17) is 0 Å². The molecule has 3 nitrogen and oxygen atoms in total. The second kappa shape index (κ2) is 4.31. The Morgan fingerprint density at radius 1 is 1.06 bits per heavy atom. The van der Waals surface area contributed by atoms with Crippen LogP contribution in [0.25, 0.3) is 16.7 Å². The van der Waals surface area contributed by atoms with Gasteiger partial charge in [-0.15, -0.1) is 0 Å². The monoisotopic (exact) mass is 295 g/mol. The van der Waals surface area contributed by atoms with Crippen LogP contribution in [0, 0.1) is 0 Å². The summed E-state index contributed by atoms with van der Waals surface area (Å²) in [5.74, 6) is 0. The third-order valence-corrected chi connectivity index (χ3v) is 2.79. The molecule has 0 unspecified atom stereocenters. The highest BCUT2D eigenvalue weighted by molar-refractivity contribution is 9.10. The Balaban J connectivity index is 0.000000963. The van der Waals surface area contributed by atoms with Crippen LogP contribution in [0.15, 0.2) is 47.1 Å². The van der Waals surface area contributed by atoms with Crippen LogP contribution in [0.2, 0.25) is 0 Å². The molecule has 0 amide bonds. The number of aromatic nitrogens is 3. The van der Waals surface area contributed by atoms with Crippen LogP contribution < -0.4 is 16.8 Å². The molecule has 5 heteroatoms. The first-order valence-electron chi connectivity index (χ1n) is 4.57. The van der Waals surface area contributed by atoms with Crippen LogP contribution in [0.4, 0.5) is 0 Å². The Morgan fingerprint density at radius 3 is 2.81 bits per heavy atom. The van der Waals surface area contributed by atoms with Gasteiger partial charge in [0.15, 0.2) is 11.0 Å². The van der Waals surface area contributed by atoms with Crippen molar-refractivity contribution < 1.29 is 16.8 Å². The van der Waals surface area contributed by atoms with Crippen LogP contribution in [-0.4, -0.2) is 10.2 Å². The summed E-state index contributed by atoms with van der Waals surface area (Å²) >= 11 is 3.46. The molecule has 0 radical (unpaired) electrons. The standard InChI is InChI=1S/C11H7BrN3.ClH/c12-8-4-5-9-10(7-8)15-6-2-1-3-11(15)14-13-9;/h1-7H;1H/q+1;/p-1. The zero-order chi connectivity index (χ0) is 10.3. The average Bonchev–Trinajstić information content (AvgIpc) is 2.29. The van der Waals surface area contributed by atoms with Gasteiger partial charge in [0, 0.05) is 16.6 Å². The van der Waals surface area contributed by atoms with E-state index in [1.807, 2.05) is 47.0 Å². The van der Waals surface area contributed by atoms with E-state index in [-0.39, 0.29) is 12.4 Å². The maximum atomic E-state index is 4.16. The Bertz CT molecular complexity index is 657. The predicted octanol–water partition coefficient (Wildman–Crippen LogP) is -0.865. The Morgan fingerprint density at radius 2 is 1.94 bits per heavy atom. The van der Waals surface area contributed by atoms with Crippen molar-refractivity contribution in [3.8, 4) is 0 Å². The lowest BCUT2D eigenvalue weighted by Crippen LogP contribution is -3.00. The quantitative estimate of drug-likeness (QED) is 0.399. The zero-order valence-corrected chi connectivity index (χ0v) is 10.5. The van der Waals surface area contributed by atoms with E-state index in [1.165, 1.54) is 0 Å². The largest absolute Gasteiger partial charge is 1.00 e. The van der Waals surface area contributed by atoms with Crippen LogP contribution in [0.1, 0.15) is 0 Å². The van der Waals surface area contributed by atoms with Crippen molar-refractivity contribution in [1.82, 2.24) is 10.2 Å². The fourth-order valence-corrected chi connectivity index (χ4v) is 1.95. The van der Waals surface area contributed by atoms with Gasteiger partial charge in [-0.1, -0.05) is 22.0 Å². The van der Waals surface area contributed by atoms with E-state index in [1.54, 1.807) is 0 Å². The molecule has 0 aliphatic carbocycles. The third-order valence-electron chi connectivity index (χ3n) is 2.30. The molecule has 0 atom stereocenters. The summed E-state index contributed by atoms with van der Waals surface area (Å²) in [6.45, 7) is 0.